The number of hydrogen-bond acceptors (Lipinski definition) is 6. The molecule has 0 N–H and O–H groups in total. The molecule has 0 aromatic carbocycles. The van der Waals surface area contributed by atoms with Crippen molar-refractivity contribution in [1.29, 1.82) is 5.26 Å². The van der Waals surface area contributed by atoms with E-state index in [1.54, 1.807) is 6.07 Å². The number of thioether (sulfide) groups is 1. The third-order valence-corrected chi connectivity index (χ3v) is 3.54. The summed E-state index contributed by atoms with van der Waals surface area (Å²) in [6, 6.07) is 4.70. The van der Waals surface area contributed by atoms with Crippen molar-refractivity contribution in [1.82, 2.24) is 14.8 Å². The zero-order valence-corrected chi connectivity index (χ0v) is 14.2. The Morgan fingerprint density at radius 2 is 1.81 bits per heavy atom. The van der Waals surface area contributed by atoms with Gasteiger partial charge in [-0.25, -0.2) is 4.68 Å². The highest BCUT2D eigenvalue weighted by Gasteiger charge is 2.35. The average Bonchev–Trinajstić information content (AvgIpc) is 2.91. The van der Waals surface area contributed by atoms with Crippen molar-refractivity contribution in [3.05, 3.63) is 29.5 Å². The fourth-order valence-corrected chi connectivity index (χ4v) is 2.16. The van der Waals surface area contributed by atoms with Crippen LogP contribution in [0.1, 0.15) is 11.3 Å². The van der Waals surface area contributed by atoms with Crippen LogP contribution < -0.4 is 9.47 Å². The minimum Gasteiger partial charge on any atom is -0.477 e. The first kappa shape index (κ1) is 20.7. The number of alkyl halides is 6. The first-order valence-electron chi connectivity index (χ1n) is 7.03. The van der Waals surface area contributed by atoms with Gasteiger partial charge in [-0.1, -0.05) is 0 Å². The summed E-state index contributed by atoms with van der Waals surface area (Å²) < 4.78 is 85.3. The third kappa shape index (κ3) is 6.24. The Labute approximate surface area is 152 Å². The van der Waals surface area contributed by atoms with Gasteiger partial charge in [0.25, 0.3) is 0 Å². The van der Waals surface area contributed by atoms with E-state index in [4.69, 9.17) is 14.7 Å². The molecule has 0 aliphatic carbocycles. The number of rotatable bonds is 6. The summed E-state index contributed by atoms with van der Waals surface area (Å²) in [6.07, 6.45) is -4.67. The van der Waals surface area contributed by atoms with Crippen LogP contribution in [0.15, 0.2) is 18.2 Å². The van der Waals surface area contributed by atoms with Crippen molar-refractivity contribution in [2.45, 2.75) is 11.7 Å². The number of halogens is 6. The molecule has 2 heterocycles. The molecule has 27 heavy (non-hydrogen) atoms. The molecular weight excluding hydrogens is 402 g/mol. The molecule has 0 bridgehead atoms. The van der Waals surface area contributed by atoms with E-state index >= 15 is 0 Å². The summed E-state index contributed by atoms with van der Waals surface area (Å²) in [7, 11) is 1.21. The lowest BCUT2D eigenvalue weighted by Crippen LogP contribution is -2.08. The highest BCUT2D eigenvalue weighted by atomic mass is 32.2. The maximum Gasteiger partial charge on any atom is 0.441 e. The molecule has 0 aliphatic heterocycles. The molecule has 0 aliphatic rings. The van der Waals surface area contributed by atoms with Crippen LogP contribution in [0, 0.1) is 11.3 Å². The smallest absolute Gasteiger partial charge is 0.441 e. The normalized spacial score (nSPS) is 11.9. The SMILES string of the molecule is Cn1nc(C(F)(F)F)cc1Oc1cc(C#N)cc(OCCSC(F)(F)F)n1. The Balaban J connectivity index is 2.13. The predicted molar refractivity (Wildman–Crippen MR) is 81.2 cm³/mol. The van der Waals surface area contributed by atoms with Gasteiger partial charge < -0.3 is 9.47 Å². The lowest BCUT2D eigenvalue weighted by molar-refractivity contribution is -0.141. The summed E-state index contributed by atoms with van der Waals surface area (Å²) in [5, 5.41) is 12.2. The van der Waals surface area contributed by atoms with E-state index in [0.717, 1.165) is 16.8 Å². The van der Waals surface area contributed by atoms with Crippen LogP contribution in [0.4, 0.5) is 26.3 Å². The van der Waals surface area contributed by atoms with Crippen molar-refractivity contribution < 1.29 is 35.8 Å². The minimum atomic E-state index is -4.67. The fraction of sp³-hybridized carbons (Fsp3) is 0.357. The number of pyridine rings is 1. The molecule has 0 atom stereocenters. The molecule has 0 fully saturated rings. The van der Waals surface area contributed by atoms with Gasteiger partial charge in [-0.05, 0) is 11.8 Å². The second-order valence-corrected chi connectivity index (χ2v) is 6.04. The molecule has 2 aromatic heterocycles. The fourth-order valence-electron chi connectivity index (χ4n) is 1.77. The second kappa shape index (κ2) is 7.95. The van der Waals surface area contributed by atoms with Gasteiger partial charge in [0.05, 0.1) is 18.2 Å². The monoisotopic (exact) mass is 412 g/mol. The highest BCUT2D eigenvalue weighted by molar-refractivity contribution is 8.00. The lowest BCUT2D eigenvalue weighted by Gasteiger charge is -2.09. The van der Waals surface area contributed by atoms with E-state index in [1.165, 1.54) is 7.05 Å². The van der Waals surface area contributed by atoms with Crippen LogP contribution >= 0.6 is 11.8 Å². The predicted octanol–water partition coefficient (Wildman–Crippen LogP) is 4.13. The lowest BCUT2D eigenvalue weighted by atomic mass is 10.3. The third-order valence-electron chi connectivity index (χ3n) is 2.84. The number of nitriles is 1. The van der Waals surface area contributed by atoms with Gasteiger partial charge >= 0.3 is 11.7 Å². The van der Waals surface area contributed by atoms with Crippen LogP contribution in [-0.2, 0) is 13.2 Å². The maximum absolute atomic E-state index is 12.7. The molecule has 0 spiro atoms. The number of hydrogen-bond donors (Lipinski definition) is 0. The summed E-state index contributed by atoms with van der Waals surface area (Å²) in [5.74, 6) is -1.19. The summed E-state index contributed by atoms with van der Waals surface area (Å²) in [5.41, 5.74) is -5.59. The van der Waals surface area contributed by atoms with E-state index in [-0.39, 0.29) is 41.6 Å². The van der Waals surface area contributed by atoms with Crippen LogP contribution in [0.5, 0.6) is 17.6 Å². The van der Waals surface area contributed by atoms with Gasteiger partial charge in [0.2, 0.25) is 17.6 Å². The van der Waals surface area contributed by atoms with E-state index in [9.17, 15) is 26.3 Å². The molecule has 0 unspecified atom stereocenters. The molecular formula is C14H10F6N4O2S. The van der Waals surface area contributed by atoms with Gasteiger partial charge in [-0.15, -0.1) is 0 Å². The Morgan fingerprint density at radius 1 is 1.15 bits per heavy atom. The Hall–Kier alpha value is -2.62. The van der Waals surface area contributed by atoms with E-state index < -0.39 is 23.1 Å². The molecule has 2 aromatic rings. The zero-order chi connectivity index (χ0) is 20.2. The average molecular weight is 412 g/mol. The number of nitrogens with zero attached hydrogens (tertiary/aromatic N) is 4. The van der Waals surface area contributed by atoms with Crippen molar-refractivity contribution in [3.8, 4) is 23.7 Å². The van der Waals surface area contributed by atoms with Crippen molar-refractivity contribution >= 4 is 11.8 Å². The second-order valence-electron chi connectivity index (χ2n) is 4.88. The molecule has 0 radical (unpaired) electrons. The zero-order valence-electron chi connectivity index (χ0n) is 13.4. The van der Waals surface area contributed by atoms with Crippen LogP contribution in [0.2, 0.25) is 0 Å². The van der Waals surface area contributed by atoms with Gasteiger partial charge in [-0.3, -0.25) is 0 Å². The first-order valence-corrected chi connectivity index (χ1v) is 8.01. The van der Waals surface area contributed by atoms with E-state index in [2.05, 4.69) is 10.1 Å². The topological polar surface area (TPSA) is 73.0 Å². The van der Waals surface area contributed by atoms with Crippen molar-refractivity contribution in [2.75, 3.05) is 12.4 Å². The van der Waals surface area contributed by atoms with Crippen molar-refractivity contribution in [3.63, 3.8) is 0 Å². The van der Waals surface area contributed by atoms with Crippen LogP contribution in [0.25, 0.3) is 0 Å². The van der Waals surface area contributed by atoms with E-state index in [1.807, 2.05) is 0 Å². The van der Waals surface area contributed by atoms with Crippen LogP contribution in [-0.4, -0.2) is 32.6 Å². The van der Waals surface area contributed by atoms with Crippen molar-refractivity contribution in [2.24, 2.45) is 7.05 Å². The molecule has 0 saturated heterocycles. The summed E-state index contributed by atoms with van der Waals surface area (Å²) >= 11 is -0.291. The molecule has 0 saturated carbocycles. The summed E-state index contributed by atoms with van der Waals surface area (Å²) in [6.45, 7) is -0.352. The molecule has 2 rings (SSSR count). The number of aryl methyl sites for hydroxylation is 1. The van der Waals surface area contributed by atoms with Gasteiger partial charge in [0, 0.05) is 31.0 Å². The summed E-state index contributed by atoms with van der Waals surface area (Å²) in [4.78, 5) is 3.81. The largest absolute Gasteiger partial charge is 0.477 e. The van der Waals surface area contributed by atoms with E-state index in [0.29, 0.717) is 6.07 Å². The maximum atomic E-state index is 12.7. The van der Waals surface area contributed by atoms with Gasteiger partial charge in [-0.2, -0.15) is 41.7 Å². The molecule has 0 amide bonds. The number of ether oxygens (including phenoxy) is 2. The molecule has 146 valence electrons. The van der Waals surface area contributed by atoms with Gasteiger partial charge in [0.15, 0.2) is 5.69 Å². The number of aromatic nitrogens is 3. The minimum absolute atomic E-state index is 0.00307. The first-order chi connectivity index (χ1) is 12.5. The Kier molecular flexibility index (Phi) is 6.09. The standard InChI is InChI=1S/C14H10F6N4O2S/c1-24-12(6-9(23-24)13(15,16)17)26-11-5-8(7-21)4-10(22-11)25-2-3-27-14(18,19)20/h4-6H,2-3H2,1H3. The Morgan fingerprint density at radius 3 is 2.37 bits per heavy atom. The Bertz CT molecular complexity index is 844. The van der Waals surface area contributed by atoms with Crippen LogP contribution in [0.3, 0.4) is 0 Å². The quantitative estimate of drug-likeness (QED) is 0.525. The highest BCUT2D eigenvalue weighted by Crippen LogP contribution is 2.32. The van der Waals surface area contributed by atoms with Gasteiger partial charge in [0.1, 0.15) is 0 Å². The molecule has 13 heteroatoms. The molecule has 6 nitrogen and oxygen atoms in total.